The van der Waals surface area contributed by atoms with E-state index in [1.807, 2.05) is 11.0 Å². The van der Waals surface area contributed by atoms with Gasteiger partial charge in [0, 0.05) is 24.5 Å². The summed E-state index contributed by atoms with van der Waals surface area (Å²) in [4.78, 5) is 33.7. The number of piperidine rings is 1. The SMILES string of the molecule is O=C(NCC(=O)N1CCCC[C@H]1c1ncc[nH]1)c1ccccc1. The van der Waals surface area contributed by atoms with Crippen molar-refractivity contribution in [2.45, 2.75) is 25.3 Å². The van der Waals surface area contributed by atoms with Crippen molar-refractivity contribution in [3.05, 3.63) is 54.1 Å². The summed E-state index contributed by atoms with van der Waals surface area (Å²) >= 11 is 0. The predicted molar refractivity (Wildman–Crippen MR) is 85.7 cm³/mol. The highest BCUT2D eigenvalue weighted by atomic mass is 16.2. The molecule has 2 amide bonds. The van der Waals surface area contributed by atoms with Crippen LogP contribution in [0, 0.1) is 0 Å². The molecule has 23 heavy (non-hydrogen) atoms. The zero-order chi connectivity index (χ0) is 16.1. The maximum atomic E-state index is 12.5. The maximum absolute atomic E-state index is 12.5. The second kappa shape index (κ2) is 7.09. The molecule has 1 saturated heterocycles. The average Bonchev–Trinajstić information content (AvgIpc) is 3.14. The number of aromatic nitrogens is 2. The van der Waals surface area contributed by atoms with Crippen LogP contribution in [0.3, 0.4) is 0 Å². The lowest BCUT2D eigenvalue weighted by atomic mass is 10.0. The first-order valence-electron chi connectivity index (χ1n) is 7.87. The minimum atomic E-state index is -0.231. The summed E-state index contributed by atoms with van der Waals surface area (Å²) in [5, 5.41) is 2.70. The Hall–Kier alpha value is -2.63. The maximum Gasteiger partial charge on any atom is 0.251 e. The summed E-state index contributed by atoms with van der Waals surface area (Å²) in [6.45, 7) is 0.705. The van der Waals surface area contributed by atoms with E-state index in [1.54, 1.807) is 36.7 Å². The third kappa shape index (κ3) is 3.59. The monoisotopic (exact) mass is 312 g/mol. The van der Waals surface area contributed by atoms with Gasteiger partial charge in [-0.15, -0.1) is 0 Å². The van der Waals surface area contributed by atoms with E-state index in [0.29, 0.717) is 12.1 Å². The molecule has 0 unspecified atom stereocenters. The highest BCUT2D eigenvalue weighted by Crippen LogP contribution is 2.28. The fraction of sp³-hybridized carbons (Fsp3) is 0.353. The molecule has 2 N–H and O–H groups in total. The Morgan fingerprint density at radius 2 is 2.09 bits per heavy atom. The third-order valence-corrected chi connectivity index (χ3v) is 4.09. The largest absolute Gasteiger partial charge is 0.347 e. The second-order valence-electron chi connectivity index (χ2n) is 5.62. The van der Waals surface area contributed by atoms with Crippen molar-refractivity contribution in [2.24, 2.45) is 0 Å². The molecular formula is C17H20N4O2. The molecule has 1 aromatic carbocycles. The van der Waals surface area contributed by atoms with Crippen LogP contribution < -0.4 is 5.32 Å². The Kier molecular flexibility index (Phi) is 4.71. The van der Waals surface area contributed by atoms with Crippen LogP contribution in [0.1, 0.15) is 41.5 Å². The van der Waals surface area contributed by atoms with E-state index in [4.69, 9.17) is 0 Å². The lowest BCUT2D eigenvalue weighted by Gasteiger charge is -2.34. The summed E-state index contributed by atoms with van der Waals surface area (Å²) in [5.74, 6) is 0.508. The van der Waals surface area contributed by atoms with E-state index in [2.05, 4.69) is 15.3 Å². The van der Waals surface area contributed by atoms with E-state index in [-0.39, 0.29) is 24.4 Å². The molecule has 0 aliphatic carbocycles. The Labute approximate surface area is 134 Å². The summed E-state index contributed by atoms with van der Waals surface area (Å²) in [6.07, 6.45) is 6.42. The van der Waals surface area contributed by atoms with E-state index in [0.717, 1.165) is 25.1 Å². The first kappa shape index (κ1) is 15.3. The van der Waals surface area contributed by atoms with Gasteiger partial charge in [0.05, 0.1) is 12.6 Å². The molecule has 6 heteroatoms. The smallest absolute Gasteiger partial charge is 0.251 e. The summed E-state index contributed by atoms with van der Waals surface area (Å²) in [5.41, 5.74) is 0.557. The standard InChI is InChI=1S/C17H20N4O2/c22-15(12-20-17(23)13-6-2-1-3-7-13)21-11-5-4-8-14(21)16-18-9-10-19-16/h1-3,6-7,9-10,14H,4-5,8,11-12H2,(H,18,19)(H,20,23)/t14-/m0/s1. The molecule has 0 radical (unpaired) electrons. The van der Waals surface area contributed by atoms with Crippen molar-refractivity contribution < 1.29 is 9.59 Å². The molecule has 0 spiro atoms. The first-order valence-corrected chi connectivity index (χ1v) is 7.87. The van der Waals surface area contributed by atoms with Gasteiger partial charge < -0.3 is 15.2 Å². The zero-order valence-electron chi connectivity index (χ0n) is 12.9. The van der Waals surface area contributed by atoms with Crippen molar-refractivity contribution in [3.63, 3.8) is 0 Å². The Morgan fingerprint density at radius 1 is 1.26 bits per heavy atom. The molecule has 2 aromatic rings. The minimum Gasteiger partial charge on any atom is -0.347 e. The summed E-state index contributed by atoms with van der Waals surface area (Å²) in [7, 11) is 0. The summed E-state index contributed by atoms with van der Waals surface area (Å²) in [6, 6.07) is 8.88. The molecule has 2 heterocycles. The molecule has 1 atom stereocenters. The number of likely N-dealkylation sites (tertiary alicyclic amines) is 1. The molecule has 1 aliphatic heterocycles. The number of hydrogen-bond acceptors (Lipinski definition) is 3. The zero-order valence-corrected chi connectivity index (χ0v) is 12.9. The van der Waals surface area contributed by atoms with Crippen molar-refractivity contribution in [1.29, 1.82) is 0 Å². The first-order chi connectivity index (χ1) is 11.3. The van der Waals surface area contributed by atoms with Crippen LogP contribution in [0.5, 0.6) is 0 Å². The van der Waals surface area contributed by atoms with Gasteiger partial charge in [-0.25, -0.2) is 4.98 Å². The number of H-pyrrole nitrogens is 1. The van der Waals surface area contributed by atoms with Gasteiger partial charge in [-0.3, -0.25) is 9.59 Å². The quantitative estimate of drug-likeness (QED) is 0.905. The minimum absolute atomic E-state index is 0.00490. The number of imidazole rings is 1. The lowest BCUT2D eigenvalue weighted by molar-refractivity contribution is -0.134. The van der Waals surface area contributed by atoms with Crippen LogP contribution in [0.25, 0.3) is 0 Å². The van der Waals surface area contributed by atoms with Gasteiger partial charge in [0.15, 0.2) is 0 Å². The Bertz CT molecular complexity index is 654. The number of amides is 2. The predicted octanol–water partition coefficient (Wildman–Crippen LogP) is 1.89. The Balaban J connectivity index is 1.61. The van der Waals surface area contributed by atoms with Gasteiger partial charge in [-0.05, 0) is 31.4 Å². The number of hydrogen-bond donors (Lipinski definition) is 2. The van der Waals surface area contributed by atoms with Gasteiger partial charge in [0.2, 0.25) is 5.91 Å². The van der Waals surface area contributed by atoms with Gasteiger partial charge in [0.25, 0.3) is 5.91 Å². The van der Waals surface area contributed by atoms with Crippen molar-refractivity contribution >= 4 is 11.8 Å². The number of benzene rings is 1. The van der Waals surface area contributed by atoms with Crippen molar-refractivity contribution in [2.75, 3.05) is 13.1 Å². The number of nitrogens with one attached hydrogen (secondary N) is 2. The van der Waals surface area contributed by atoms with Gasteiger partial charge in [-0.2, -0.15) is 0 Å². The summed E-state index contributed by atoms with van der Waals surface area (Å²) < 4.78 is 0. The molecule has 1 aromatic heterocycles. The molecule has 6 nitrogen and oxygen atoms in total. The van der Waals surface area contributed by atoms with Gasteiger partial charge in [0.1, 0.15) is 5.82 Å². The molecule has 0 saturated carbocycles. The van der Waals surface area contributed by atoms with Crippen LogP contribution in [-0.2, 0) is 4.79 Å². The second-order valence-corrected chi connectivity index (χ2v) is 5.62. The number of carbonyl (C=O) groups is 2. The molecule has 0 bridgehead atoms. The van der Waals surface area contributed by atoms with E-state index >= 15 is 0 Å². The molecule has 1 aliphatic rings. The number of carbonyl (C=O) groups excluding carboxylic acids is 2. The number of aromatic amines is 1. The average molecular weight is 312 g/mol. The van der Waals surface area contributed by atoms with E-state index in [9.17, 15) is 9.59 Å². The van der Waals surface area contributed by atoms with Crippen molar-refractivity contribution in [1.82, 2.24) is 20.2 Å². The molecule has 3 rings (SSSR count). The highest BCUT2D eigenvalue weighted by molar-refractivity contribution is 5.96. The van der Waals surface area contributed by atoms with Gasteiger partial charge >= 0.3 is 0 Å². The van der Waals surface area contributed by atoms with Crippen LogP contribution in [-0.4, -0.2) is 39.8 Å². The van der Waals surface area contributed by atoms with Crippen LogP contribution in [0.4, 0.5) is 0 Å². The van der Waals surface area contributed by atoms with Crippen LogP contribution >= 0.6 is 0 Å². The number of nitrogens with zero attached hydrogens (tertiary/aromatic N) is 2. The normalized spacial score (nSPS) is 17.7. The topological polar surface area (TPSA) is 78.1 Å². The molecular weight excluding hydrogens is 292 g/mol. The van der Waals surface area contributed by atoms with Gasteiger partial charge in [-0.1, -0.05) is 18.2 Å². The van der Waals surface area contributed by atoms with Crippen LogP contribution in [0.15, 0.2) is 42.7 Å². The van der Waals surface area contributed by atoms with Crippen LogP contribution in [0.2, 0.25) is 0 Å². The third-order valence-electron chi connectivity index (χ3n) is 4.09. The Morgan fingerprint density at radius 3 is 2.83 bits per heavy atom. The van der Waals surface area contributed by atoms with E-state index in [1.165, 1.54) is 0 Å². The lowest BCUT2D eigenvalue weighted by Crippen LogP contribution is -2.44. The molecule has 120 valence electrons. The number of rotatable bonds is 4. The van der Waals surface area contributed by atoms with Crippen molar-refractivity contribution in [3.8, 4) is 0 Å². The fourth-order valence-electron chi connectivity index (χ4n) is 2.92. The highest BCUT2D eigenvalue weighted by Gasteiger charge is 2.29. The van der Waals surface area contributed by atoms with E-state index < -0.39 is 0 Å². The fourth-order valence-corrected chi connectivity index (χ4v) is 2.92. The molecule has 1 fully saturated rings.